The molecule has 3 heterocycles. The third-order valence-corrected chi connectivity index (χ3v) is 6.17. The van der Waals surface area contributed by atoms with Gasteiger partial charge in [-0.15, -0.1) is 0 Å². The van der Waals surface area contributed by atoms with Gasteiger partial charge in [-0.2, -0.15) is 4.31 Å². The Kier molecular flexibility index (Phi) is 5.14. The van der Waals surface area contributed by atoms with E-state index in [4.69, 9.17) is 10.5 Å². The highest BCUT2D eigenvalue weighted by molar-refractivity contribution is 7.89. The van der Waals surface area contributed by atoms with Gasteiger partial charge >= 0.3 is 0 Å². The van der Waals surface area contributed by atoms with E-state index in [0.717, 1.165) is 12.8 Å². The van der Waals surface area contributed by atoms with Gasteiger partial charge in [0.05, 0.1) is 12.5 Å². The lowest BCUT2D eigenvalue weighted by atomic mass is 10.2. The molecule has 24 heavy (non-hydrogen) atoms. The number of pyridine rings is 1. The number of hydrogen-bond acceptors (Lipinski definition) is 6. The molecule has 2 bridgehead atoms. The molecule has 3 N–H and O–H groups in total. The number of halogens is 1. The smallest absolute Gasteiger partial charge is 0.244 e. The fraction of sp³-hybridized carbons (Fsp3) is 0.533. The van der Waals surface area contributed by atoms with Gasteiger partial charge in [0.15, 0.2) is 0 Å². The molecule has 0 amide bonds. The highest BCUT2D eigenvalue weighted by Crippen LogP contribution is 2.25. The molecule has 2 saturated heterocycles. The second kappa shape index (κ2) is 7.14. The van der Waals surface area contributed by atoms with Crippen molar-refractivity contribution in [2.24, 2.45) is 5.73 Å². The van der Waals surface area contributed by atoms with Gasteiger partial charge in [0.1, 0.15) is 11.5 Å². The first-order valence-electron chi connectivity index (χ1n) is 7.86. The van der Waals surface area contributed by atoms with Gasteiger partial charge in [0.25, 0.3) is 0 Å². The van der Waals surface area contributed by atoms with E-state index < -0.39 is 10.0 Å². The highest BCUT2D eigenvalue weighted by atomic mass is 32.2. The minimum absolute atomic E-state index is 0.0206. The Bertz CT molecular complexity index is 696. The van der Waals surface area contributed by atoms with Crippen molar-refractivity contribution < 1.29 is 17.5 Å². The van der Waals surface area contributed by atoms with E-state index >= 15 is 0 Å². The predicted octanol–water partition coefficient (Wildman–Crippen LogP) is 0.397. The van der Waals surface area contributed by atoms with Crippen LogP contribution in [0.15, 0.2) is 35.1 Å². The van der Waals surface area contributed by atoms with E-state index in [1.54, 1.807) is 0 Å². The average molecular weight is 356 g/mol. The summed E-state index contributed by atoms with van der Waals surface area (Å²) in [7, 11) is -3.56. The van der Waals surface area contributed by atoms with Crippen molar-refractivity contribution >= 4 is 10.0 Å². The zero-order chi connectivity index (χ0) is 17.2. The van der Waals surface area contributed by atoms with E-state index in [2.05, 4.69) is 10.3 Å². The second-order valence-electron chi connectivity index (χ2n) is 6.05. The molecule has 1 aromatic heterocycles. The van der Waals surface area contributed by atoms with Crippen molar-refractivity contribution in [2.45, 2.75) is 29.8 Å². The number of nitrogens with zero attached hydrogens (tertiary/aromatic N) is 2. The number of nitrogens with two attached hydrogens (primary N) is 1. The third kappa shape index (κ3) is 3.59. The van der Waals surface area contributed by atoms with Gasteiger partial charge in [-0.3, -0.25) is 0 Å². The van der Waals surface area contributed by atoms with Crippen LogP contribution in [0.25, 0.3) is 0 Å². The molecule has 0 spiro atoms. The molecule has 2 unspecified atom stereocenters. The Balaban J connectivity index is 1.68. The second-order valence-corrected chi connectivity index (χ2v) is 7.99. The minimum atomic E-state index is -3.56. The first-order chi connectivity index (χ1) is 11.5. The number of fused-ring (bicyclic) bond motifs is 2. The molecule has 0 radical (unpaired) electrons. The first-order valence-corrected chi connectivity index (χ1v) is 9.30. The molecule has 0 aromatic carbocycles. The topological polar surface area (TPSA) is 97.5 Å². The van der Waals surface area contributed by atoms with Crippen LogP contribution in [0.3, 0.4) is 0 Å². The van der Waals surface area contributed by atoms with E-state index in [1.807, 2.05) is 0 Å². The molecule has 0 saturated carbocycles. The summed E-state index contributed by atoms with van der Waals surface area (Å²) < 4.78 is 44.7. The number of nitrogens with one attached hydrogen (secondary N) is 1. The number of aromatic nitrogens is 1. The van der Waals surface area contributed by atoms with Crippen LogP contribution in [0.5, 0.6) is 5.88 Å². The van der Waals surface area contributed by atoms with Crippen molar-refractivity contribution in [3.8, 4) is 5.88 Å². The molecule has 2 aliphatic heterocycles. The summed E-state index contributed by atoms with van der Waals surface area (Å²) in [4.78, 5) is 4.14. The highest BCUT2D eigenvalue weighted by Gasteiger charge is 2.38. The molecule has 3 rings (SSSR count). The molecule has 132 valence electrons. The fourth-order valence-electron chi connectivity index (χ4n) is 3.01. The van der Waals surface area contributed by atoms with Crippen LogP contribution in [0, 0.1) is 0 Å². The minimum Gasteiger partial charge on any atom is -0.473 e. The fourth-order valence-corrected chi connectivity index (χ4v) is 4.48. The van der Waals surface area contributed by atoms with E-state index in [0.29, 0.717) is 25.0 Å². The Morgan fingerprint density at radius 3 is 2.67 bits per heavy atom. The monoisotopic (exact) mass is 356 g/mol. The maximum absolute atomic E-state index is 12.7. The summed E-state index contributed by atoms with van der Waals surface area (Å²) in [6, 6.07) is 3.39. The Hall–Kier alpha value is -1.55. The summed E-state index contributed by atoms with van der Waals surface area (Å²) in [5, 5.41) is 3.40. The average Bonchev–Trinajstić information content (AvgIpc) is 2.94. The molecular formula is C15H21FN4O3S. The van der Waals surface area contributed by atoms with Gasteiger partial charge in [-0.25, -0.2) is 17.8 Å². The SMILES string of the molecule is NC/C(=C\F)COc1ccc(S(=O)(=O)N2CC3CCC(C2)N3)cn1. The van der Waals surface area contributed by atoms with Gasteiger partial charge in [-0.1, -0.05) is 0 Å². The molecule has 1 aromatic rings. The van der Waals surface area contributed by atoms with Gasteiger partial charge in [0.2, 0.25) is 15.9 Å². The standard InChI is InChI=1S/C15H21FN4O3S/c16-5-11(6-17)10-23-15-4-3-14(7-18-15)24(21,22)20-8-12-1-2-13(9-20)19-12/h3-5,7,12-13,19H,1-2,6,8-10,17H2/b11-5+. The lowest BCUT2D eigenvalue weighted by Crippen LogP contribution is -2.52. The van der Waals surface area contributed by atoms with E-state index in [-0.39, 0.29) is 36.0 Å². The van der Waals surface area contributed by atoms with Gasteiger partial charge in [-0.05, 0) is 18.9 Å². The molecular weight excluding hydrogens is 335 g/mol. The van der Waals surface area contributed by atoms with Gasteiger partial charge < -0.3 is 15.8 Å². The van der Waals surface area contributed by atoms with Crippen molar-refractivity contribution in [2.75, 3.05) is 26.2 Å². The Morgan fingerprint density at radius 1 is 1.42 bits per heavy atom. The van der Waals surface area contributed by atoms with Crippen molar-refractivity contribution in [1.82, 2.24) is 14.6 Å². The largest absolute Gasteiger partial charge is 0.473 e. The molecule has 9 heteroatoms. The van der Waals surface area contributed by atoms with Crippen LogP contribution >= 0.6 is 0 Å². The lowest BCUT2D eigenvalue weighted by molar-refractivity contribution is 0.296. The molecule has 2 atom stereocenters. The molecule has 2 fully saturated rings. The predicted molar refractivity (Wildman–Crippen MR) is 86.7 cm³/mol. The summed E-state index contributed by atoms with van der Waals surface area (Å²) in [6.07, 6.45) is 3.69. The lowest BCUT2D eigenvalue weighted by Gasteiger charge is -2.31. The van der Waals surface area contributed by atoms with Crippen LogP contribution in [-0.2, 0) is 10.0 Å². The quantitative estimate of drug-likeness (QED) is 0.766. The summed E-state index contributed by atoms with van der Waals surface area (Å²) >= 11 is 0. The number of piperazine rings is 1. The number of hydrogen-bond donors (Lipinski definition) is 2. The van der Waals surface area contributed by atoms with Crippen molar-refractivity contribution in [3.05, 3.63) is 30.2 Å². The van der Waals surface area contributed by atoms with Crippen molar-refractivity contribution in [1.29, 1.82) is 0 Å². The zero-order valence-corrected chi connectivity index (χ0v) is 14.0. The van der Waals surface area contributed by atoms with Crippen LogP contribution in [0.2, 0.25) is 0 Å². The van der Waals surface area contributed by atoms with Gasteiger partial charge in [0, 0.05) is 43.4 Å². The van der Waals surface area contributed by atoms with E-state index in [9.17, 15) is 12.8 Å². The first kappa shape index (κ1) is 17.3. The number of sulfonamides is 1. The summed E-state index contributed by atoms with van der Waals surface area (Å²) in [5.41, 5.74) is 5.64. The molecule has 0 aliphatic carbocycles. The van der Waals surface area contributed by atoms with E-state index in [1.165, 1.54) is 22.6 Å². The van der Waals surface area contributed by atoms with Crippen LogP contribution in [-0.4, -0.2) is 56.0 Å². The van der Waals surface area contributed by atoms with Crippen LogP contribution in [0.1, 0.15) is 12.8 Å². The third-order valence-electron chi connectivity index (χ3n) is 4.35. The maximum Gasteiger partial charge on any atom is 0.244 e. The number of rotatable bonds is 6. The molecule has 2 aliphatic rings. The normalized spacial score (nSPS) is 25.0. The Morgan fingerprint density at radius 2 is 2.12 bits per heavy atom. The van der Waals surface area contributed by atoms with Crippen molar-refractivity contribution in [3.63, 3.8) is 0 Å². The van der Waals surface area contributed by atoms with Crippen LogP contribution < -0.4 is 15.8 Å². The van der Waals surface area contributed by atoms with Crippen LogP contribution in [0.4, 0.5) is 4.39 Å². The summed E-state index contributed by atoms with van der Waals surface area (Å²) in [6.45, 7) is 0.998. The molecule has 7 nitrogen and oxygen atoms in total. The summed E-state index contributed by atoms with van der Waals surface area (Å²) in [5.74, 6) is 0.224. The zero-order valence-electron chi connectivity index (χ0n) is 13.2. The maximum atomic E-state index is 12.7. The number of ether oxygens (including phenoxy) is 1. The Labute approximate surface area is 140 Å².